The van der Waals surface area contributed by atoms with Crippen LogP contribution in [0.25, 0.3) is 11.1 Å². The summed E-state index contributed by atoms with van der Waals surface area (Å²) in [6.07, 6.45) is 1.82. The van der Waals surface area contributed by atoms with E-state index in [4.69, 9.17) is 4.74 Å². The van der Waals surface area contributed by atoms with E-state index >= 15 is 0 Å². The summed E-state index contributed by atoms with van der Waals surface area (Å²) >= 11 is 0. The SMILES string of the molecule is O=C(NC(c1ccccc1)C1(O)CCC1)OCC1c2ccccc2-c2ccccc21. The molecule has 0 heterocycles. The highest BCUT2D eigenvalue weighted by molar-refractivity contribution is 5.79. The van der Waals surface area contributed by atoms with Gasteiger partial charge in [0.2, 0.25) is 0 Å². The number of hydrogen-bond acceptors (Lipinski definition) is 3. The fourth-order valence-corrected chi connectivity index (χ4v) is 4.76. The minimum Gasteiger partial charge on any atom is -0.449 e. The normalized spacial score (nSPS) is 17.4. The zero-order chi connectivity index (χ0) is 20.6. The van der Waals surface area contributed by atoms with Crippen molar-refractivity contribution < 1.29 is 14.6 Å². The summed E-state index contributed by atoms with van der Waals surface area (Å²) < 4.78 is 5.69. The van der Waals surface area contributed by atoms with Crippen molar-refractivity contribution in [1.29, 1.82) is 0 Å². The van der Waals surface area contributed by atoms with Gasteiger partial charge in [-0.2, -0.15) is 0 Å². The molecule has 0 spiro atoms. The molecule has 0 radical (unpaired) electrons. The average molecular weight is 399 g/mol. The molecule has 4 heteroatoms. The molecule has 1 saturated carbocycles. The number of alkyl carbamates (subject to hydrolysis) is 1. The first-order chi connectivity index (χ1) is 14.7. The predicted molar refractivity (Wildman–Crippen MR) is 116 cm³/mol. The molecule has 1 unspecified atom stereocenters. The number of ether oxygens (including phenoxy) is 1. The van der Waals surface area contributed by atoms with Crippen molar-refractivity contribution in [2.24, 2.45) is 0 Å². The highest BCUT2D eigenvalue weighted by Crippen LogP contribution is 2.45. The molecule has 2 N–H and O–H groups in total. The first-order valence-electron chi connectivity index (χ1n) is 10.5. The number of carbonyl (C=O) groups is 1. The Morgan fingerprint density at radius 1 is 0.933 bits per heavy atom. The fraction of sp³-hybridized carbons (Fsp3) is 0.269. The molecule has 30 heavy (non-hydrogen) atoms. The maximum atomic E-state index is 12.7. The van der Waals surface area contributed by atoms with Crippen LogP contribution < -0.4 is 5.32 Å². The Labute approximate surface area is 176 Å². The van der Waals surface area contributed by atoms with E-state index in [1.165, 1.54) is 22.3 Å². The second-order valence-electron chi connectivity index (χ2n) is 8.27. The molecule has 0 saturated heterocycles. The molecule has 4 nitrogen and oxygen atoms in total. The molecule has 2 aliphatic carbocycles. The summed E-state index contributed by atoms with van der Waals surface area (Å²) in [6, 6.07) is 25.7. The number of aliphatic hydroxyl groups is 1. The minimum atomic E-state index is -0.910. The van der Waals surface area contributed by atoms with E-state index < -0.39 is 17.7 Å². The van der Waals surface area contributed by atoms with Crippen molar-refractivity contribution in [3.8, 4) is 11.1 Å². The molecule has 2 aliphatic rings. The predicted octanol–water partition coefficient (Wildman–Crippen LogP) is 5.18. The molecule has 0 aliphatic heterocycles. The van der Waals surface area contributed by atoms with Gasteiger partial charge in [-0.05, 0) is 47.1 Å². The quantitative estimate of drug-likeness (QED) is 0.621. The molecular formula is C26H25NO3. The smallest absolute Gasteiger partial charge is 0.407 e. The second kappa shape index (κ2) is 7.62. The zero-order valence-electron chi connectivity index (χ0n) is 16.8. The van der Waals surface area contributed by atoms with Crippen LogP contribution in [-0.4, -0.2) is 23.4 Å². The lowest BCUT2D eigenvalue weighted by Crippen LogP contribution is -2.50. The number of nitrogens with one attached hydrogen (secondary N) is 1. The maximum absolute atomic E-state index is 12.7. The van der Waals surface area contributed by atoms with Gasteiger partial charge < -0.3 is 15.2 Å². The first kappa shape index (κ1) is 18.9. The number of fused-ring (bicyclic) bond motifs is 3. The van der Waals surface area contributed by atoms with E-state index in [1.807, 2.05) is 54.6 Å². The van der Waals surface area contributed by atoms with Gasteiger partial charge in [0.15, 0.2) is 0 Å². The van der Waals surface area contributed by atoms with E-state index in [1.54, 1.807) is 0 Å². The van der Waals surface area contributed by atoms with Crippen LogP contribution >= 0.6 is 0 Å². The van der Waals surface area contributed by atoms with Crippen molar-refractivity contribution >= 4 is 6.09 Å². The van der Waals surface area contributed by atoms with Crippen LogP contribution in [0.1, 0.15) is 47.9 Å². The molecule has 3 aromatic rings. The summed E-state index contributed by atoms with van der Waals surface area (Å²) in [5, 5.41) is 13.9. The third-order valence-electron chi connectivity index (χ3n) is 6.50. The van der Waals surface area contributed by atoms with Crippen LogP contribution in [0.2, 0.25) is 0 Å². The Bertz CT molecular complexity index is 1010. The van der Waals surface area contributed by atoms with Crippen molar-refractivity contribution in [3.63, 3.8) is 0 Å². The van der Waals surface area contributed by atoms with Gasteiger partial charge in [-0.25, -0.2) is 4.79 Å². The summed E-state index contributed by atoms with van der Waals surface area (Å²) in [4.78, 5) is 12.7. The van der Waals surface area contributed by atoms with Gasteiger partial charge in [0.1, 0.15) is 6.61 Å². The molecular weight excluding hydrogens is 374 g/mol. The zero-order valence-corrected chi connectivity index (χ0v) is 16.8. The fourth-order valence-electron chi connectivity index (χ4n) is 4.76. The third-order valence-corrected chi connectivity index (χ3v) is 6.50. The van der Waals surface area contributed by atoms with E-state index in [-0.39, 0.29) is 12.5 Å². The van der Waals surface area contributed by atoms with Gasteiger partial charge in [-0.1, -0.05) is 78.9 Å². The van der Waals surface area contributed by atoms with Gasteiger partial charge in [0.25, 0.3) is 0 Å². The van der Waals surface area contributed by atoms with Gasteiger partial charge in [0, 0.05) is 5.92 Å². The molecule has 1 fully saturated rings. The number of rotatable bonds is 5. The lowest BCUT2D eigenvalue weighted by molar-refractivity contribution is -0.0654. The van der Waals surface area contributed by atoms with Crippen LogP contribution in [0.3, 0.4) is 0 Å². The van der Waals surface area contributed by atoms with Gasteiger partial charge in [-0.3, -0.25) is 0 Å². The summed E-state index contributed by atoms with van der Waals surface area (Å²) in [5.74, 6) is 0.0186. The lowest BCUT2D eigenvalue weighted by Gasteiger charge is -2.43. The molecule has 0 bridgehead atoms. The minimum absolute atomic E-state index is 0.0186. The van der Waals surface area contributed by atoms with Crippen LogP contribution in [0.15, 0.2) is 78.9 Å². The van der Waals surface area contributed by atoms with Crippen LogP contribution in [0.4, 0.5) is 4.79 Å². The molecule has 5 rings (SSSR count). The Balaban J connectivity index is 1.32. The average Bonchev–Trinajstić information content (AvgIpc) is 3.09. The topological polar surface area (TPSA) is 58.6 Å². The monoisotopic (exact) mass is 399 g/mol. The van der Waals surface area contributed by atoms with Crippen molar-refractivity contribution in [2.75, 3.05) is 6.61 Å². The molecule has 1 atom stereocenters. The summed E-state index contributed by atoms with van der Waals surface area (Å²) in [6.45, 7) is 0.264. The van der Waals surface area contributed by atoms with E-state index in [0.717, 1.165) is 12.0 Å². The molecule has 3 aromatic carbocycles. The Hall–Kier alpha value is -3.11. The Kier molecular flexibility index (Phi) is 4.80. The first-order valence-corrected chi connectivity index (χ1v) is 10.5. The molecule has 0 aromatic heterocycles. The van der Waals surface area contributed by atoms with Crippen molar-refractivity contribution in [3.05, 3.63) is 95.6 Å². The second-order valence-corrected chi connectivity index (χ2v) is 8.27. The number of benzene rings is 3. The highest BCUT2D eigenvalue weighted by atomic mass is 16.5. The molecule has 1 amide bonds. The molecule has 152 valence electrons. The summed E-state index contributed by atoms with van der Waals surface area (Å²) in [7, 11) is 0. The van der Waals surface area contributed by atoms with Crippen LogP contribution in [0, 0.1) is 0 Å². The van der Waals surface area contributed by atoms with E-state index in [0.29, 0.717) is 12.8 Å². The van der Waals surface area contributed by atoms with Crippen LogP contribution in [-0.2, 0) is 4.74 Å². The standard InChI is InChI=1S/C26H25NO3/c28-25(27-24(26(29)15-8-16-26)18-9-2-1-3-10-18)30-17-23-21-13-6-4-11-19(21)20-12-5-7-14-22(20)23/h1-7,9-14,23-24,29H,8,15-17H2,(H,27,28). The van der Waals surface area contributed by atoms with Gasteiger partial charge in [0.05, 0.1) is 11.6 Å². The van der Waals surface area contributed by atoms with E-state index in [9.17, 15) is 9.90 Å². The van der Waals surface area contributed by atoms with Gasteiger partial charge >= 0.3 is 6.09 Å². The Morgan fingerprint density at radius 2 is 1.50 bits per heavy atom. The summed E-state index contributed by atoms with van der Waals surface area (Å²) in [5.41, 5.74) is 4.76. The van der Waals surface area contributed by atoms with Crippen molar-refractivity contribution in [1.82, 2.24) is 5.32 Å². The number of carbonyl (C=O) groups excluding carboxylic acids is 1. The van der Waals surface area contributed by atoms with Gasteiger partial charge in [-0.15, -0.1) is 0 Å². The highest BCUT2D eigenvalue weighted by Gasteiger charge is 2.44. The van der Waals surface area contributed by atoms with Crippen LogP contribution in [0.5, 0.6) is 0 Å². The lowest BCUT2D eigenvalue weighted by atomic mass is 9.72. The maximum Gasteiger partial charge on any atom is 0.407 e. The Morgan fingerprint density at radius 3 is 2.07 bits per heavy atom. The third kappa shape index (κ3) is 3.27. The van der Waals surface area contributed by atoms with Crippen molar-refractivity contribution in [2.45, 2.75) is 36.8 Å². The van der Waals surface area contributed by atoms with E-state index in [2.05, 4.69) is 29.6 Å². The number of amides is 1. The number of hydrogen-bond donors (Lipinski definition) is 2. The largest absolute Gasteiger partial charge is 0.449 e.